The Labute approximate surface area is 194 Å². The number of β-lactam (4-membered cyclic amide) rings is 1. The van der Waals surface area contributed by atoms with Gasteiger partial charge in [-0.25, -0.2) is 4.79 Å². The van der Waals surface area contributed by atoms with E-state index < -0.39 is 35.2 Å². The Balaban J connectivity index is 0.00000150. The minimum Gasteiger partial charge on any atom is -1.00 e. The number of aliphatic imine (C=N–C) groups is 1. The van der Waals surface area contributed by atoms with Crippen LogP contribution in [-0.4, -0.2) is 71.8 Å². The van der Waals surface area contributed by atoms with E-state index in [-0.39, 0.29) is 48.1 Å². The third kappa shape index (κ3) is 3.78. The van der Waals surface area contributed by atoms with E-state index in [2.05, 4.69) is 20.5 Å². The summed E-state index contributed by atoms with van der Waals surface area (Å²) in [5, 5.41) is 27.8. The maximum absolute atomic E-state index is 12.6. The maximum Gasteiger partial charge on any atom is 1.00 e. The van der Waals surface area contributed by atoms with Crippen LogP contribution in [0.15, 0.2) is 16.2 Å². The SMILES string of the molecule is N=C1SC=NC1CC(=O)NC1C(=O)N2C(C(=O)O)=C(c3nncs3)CS[C@H]12.[H-].[Na+]. The van der Waals surface area contributed by atoms with Crippen molar-refractivity contribution < 1.29 is 50.5 Å². The van der Waals surface area contributed by atoms with E-state index >= 15 is 0 Å². The number of aliphatic carboxylic acids is 1. The Kier molecular flexibility index (Phi) is 6.61. The number of hydrogen-bond donors (Lipinski definition) is 3. The molecule has 0 aliphatic carbocycles. The quantitative estimate of drug-likeness (QED) is 0.327. The normalized spacial score (nSPS) is 25.9. The molecule has 4 heterocycles. The number of nitrogens with zero attached hydrogens (tertiary/aromatic N) is 4. The zero-order chi connectivity index (χ0) is 19.1. The standard InChI is InChI=1S/C14H12N6O4S3.Na.H/c15-10-6(16-3-26-10)1-7(21)18-8-12(22)20-9(14(23)24)5(2-25-13(8)20)11-19-17-4-27-11;;/h3-4,6,8,13,15H,1-2H2,(H,18,21)(H,23,24);;/q;+1;-1/t6?,8?,13-;;/m1../s1. The Morgan fingerprint density at radius 3 is 2.86 bits per heavy atom. The average Bonchev–Trinajstić information content (AvgIpc) is 3.30. The van der Waals surface area contributed by atoms with Gasteiger partial charge in [-0.3, -0.25) is 24.9 Å². The van der Waals surface area contributed by atoms with Crippen LogP contribution in [0.5, 0.6) is 0 Å². The summed E-state index contributed by atoms with van der Waals surface area (Å²) >= 11 is 3.74. The van der Waals surface area contributed by atoms with Gasteiger partial charge in [-0.2, -0.15) is 0 Å². The number of carbonyl (C=O) groups is 3. The molecule has 14 heteroatoms. The Hall–Kier alpha value is -1.25. The third-order valence-corrected chi connectivity index (χ3v) is 6.99. The minimum atomic E-state index is -1.21. The van der Waals surface area contributed by atoms with Crippen molar-refractivity contribution in [1.82, 2.24) is 20.4 Å². The zero-order valence-electron chi connectivity index (χ0n) is 15.5. The van der Waals surface area contributed by atoms with Crippen LogP contribution >= 0.6 is 34.9 Å². The summed E-state index contributed by atoms with van der Waals surface area (Å²) in [5.74, 6) is -1.72. The first-order valence-corrected chi connectivity index (χ1v) is 10.5. The van der Waals surface area contributed by atoms with E-state index in [4.69, 9.17) is 5.41 Å². The summed E-state index contributed by atoms with van der Waals surface area (Å²) in [5.41, 5.74) is 3.37. The molecule has 0 bridgehead atoms. The van der Waals surface area contributed by atoms with Gasteiger partial charge in [0, 0.05) is 11.3 Å². The number of fused-ring (bicyclic) bond motifs is 1. The summed E-state index contributed by atoms with van der Waals surface area (Å²) in [6, 6.07) is -1.31. The number of aromatic nitrogens is 2. The number of hydrogen-bond acceptors (Lipinski definition) is 10. The van der Waals surface area contributed by atoms with Gasteiger partial charge in [0.2, 0.25) is 5.91 Å². The molecule has 2 unspecified atom stereocenters. The first-order chi connectivity index (χ1) is 13.0. The third-order valence-electron chi connectivity index (χ3n) is 4.21. The molecule has 0 saturated carbocycles. The molecule has 1 aromatic heterocycles. The predicted octanol–water partition coefficient (Wildman–Crippen LogP) is -2.64. The van der Waals surface area contributed by atoms with E-state index in [0.717, 1.165) is 11.8 Å². The van der Waals surface area contributed by atoms with Crippen LogP contribution in [0.1, 0.15) is 12.9 Å². The molecule has 0 aromatic carbocycles. The molecular formula is C14H13N6NaO4S3. The number of amides is 2. The smallest absolute Gasteiger partial charge is 1.00 e. The van der Waals surface area contributed by atoms with Gasteiger partial charge in [0.05, 0.1) is 17.0 Å². The van der Waals surface area contributed by atoms with Gasteiger partial charge < -0.3 is 11.8 Å². The van der Waals surface area contributed by atoms with Crippen molar-refractivity contribution in [2.24, 2.45) is 4.99 Å². The van der Waals surface area contributed by atoms with E-state index in [1.165, 1.54) is 39.1 Å². The molecule has 1 saturated heterocycles. The van der Waals surface area contributed by atoms with Crippen LogP contribution in [0.4, 0.5) is 0 Å². The first kappa shape index (κ1) is 21.5. The second kappa shape index (κ2) is 8.63. The van der Waals surface area contributed by atoms with E-state index in [9.17, 15) is 19.5 Å². The fraction of sp³-hybridized carbons (Fsp3) is 0.357. The Morgan fingerprint density at radius 1 is 1.46 bits per heavy atom. The number of nitrogens with one attached hydrogen (secondary N) is 2. The molecule has 0 radical (unpaired) electrons. The molecule has 3 N–H and O–H groups in total. The molecule has 1 aromatic rings. The number of carbonyl (C=O) groups excluding carboxylic acids is 2. The van der Waals surface area contributed by atoms with Crippen LogP contribution in [0.2, 0.25) is 0 Å². The van der Waals surface area contributed by atoms with Crippen molar-refractivity contribution >= 4 is 68.8 Å². The molecule has 2 amide bonds. The summed E-state index contributed by atoms with van der Waals surface area (Å²) in [7, 11) is 0. The molecule has 3 atom stereocenters. The fourth-order valence-electron chi connectivity index (χ4n) is 2.95. The first-order valence-electron chi connectivity index (χ1n) is 7.71. The second-order valence-corrected chi connectivity index (χ2v) is 8.61. The van der Waals surface area contributed by atoms with Crippen molar-refractivity contribution in [3.8, 4) is 0 Å². The molecule has 1 fully saturated rings. The topological polar surface area (TPSA) is 149 Å². The van der Waals surface area contributed by atoms with Crippen molar-refractivity contribution in [1.29, 1.82) is 5.41 Å². The van der Waals surface area contributed by atoms with Gasteiger partial charge in [-0.05, 0) is 0 Å². The van der Waals surface area contributed by atoms with E-state index in [0.29, 0.717) is 16.3 Å². The summed E-state index contributed by atoms with van der Waals surface area (Å²) in [4.78, 5) is 41.8. The van der Waals surface area contributed by atoms with Crippen molar-refractivity contribution in [2.45, 2.75) is 23.9 Å². The van der Waals surface area contributed by atoms with Crippen LogP contribution in [0.25, 0.3) is 5.57 Å². The molecule has 4 rings (SSSR count). The summed E-state index contributed by atoms with van der Waals surface area (Å²) in [6.07, 6.45) is -0.0127. The van der Waals surface area contributed by atoms with Crippen molar-refractivity contribution in [3.05, 3.63) is 16.2 Å². The monoisotopic (exact) mass is 448 g/mol. The number of carboxylic acid groups (broad SMARTS) is 1. The molecule has 142 valence electrons. The molecule has 10 nitrogen and oxygen atoms in total. The van der Waals surface area contributed by atoms with Crippen LogP contribution in [0, 0.1) is 5.41 Å². The molecule has 28 heavy (non-hydrogen) atoms. The zero-order valence-corrected chi connectivity index (χ0v) is 18.9. The number of carboxylic acids is 1. The summed E-state index contributed by atoms with van der Waals surface area (Å²) < 4.78 is 0. The number of rotatable bonds is 5. The van der Waals surface area contributed by atoms with Gasteiger partial charge in [0.1, 0.15) is 33.7 Å². The van der Waals surface area contributed by atoms with Crippen molar-refractivity contribution in [3.63, 3.8) is 0 Å². The fourth-order valence-corrected chi connectivity index (χ4v) is 5.61. The van der Waals surface area contributed by atoms with Gasteiger partial charge in [0.15, 0.2) is 0 Å². The van der Waals surface area contributed by atoms with Gasteiger partial charge in [-0.15, -0.1) is 33.3 Å². The molecule has 3 aliphatic rings. The summed E-state index contributed by atoms with van der Waals surface area (Å²) in [6.45, 7) is 0. The molecule has 0 spiro atoms. The van der Waals surface area contributed by atoms with Gasteiger partial charge >= 0.3 is 35.5 Å². The molecular weight excluding hydrogens is 435 g/mol. The van der Waals surface area contributed by atoms with E-state index in [1.54, 1.807) is 0 Å². The van der Waals surface area contributed by atoms with Gasteiger partial charge in [-0.1, -0.05) is 11.8 Å². The van der Waals surface area contributed by atoms with Crippen molar-refractivity contribution in [2.75, 3.05) is 5.75 Å². The predicted molar refractivity (Wildman–Crippen MR) is 103 cm³/mol. The minimum absolute atomic E-state index is 0. The largest absolute Gasteiger partial charge is 1.00 e. The van der Waals surface area contributed by atoms with Crippen LogP contribution in [0.3, 0.4) is 0 Å². The van der Waals surface area contributed by atoms with Crippen LogP contribution < -0.4 is 34.9 Å². The van der Waals surface area contributed by atoms with Crippen LogP contribution in [-0.2, 0) is 14.4 Å². The maximum atomic E-state index is 12.6. The average molecular weight is 448 g/mol. The number of thioether (sulfide) groups is 2. The Morgan fingerprint density at radius 2 is 2.25 bits per heavy atom. The van der Waals surface area contributed by atoms with Gasteiger partial charge in [0.25, 0.3) is 5.91 Å². The second-order valence-electron chi connectivity index (χ2n) is 5.79. The molecule has 3 aliphatic heterocycles. The van der Waals surface area contributed by atoms with E-state index in [1.807, 2.05) is 0 Å². The Bertz CT molecular complexity index is 911.